The lowest BCUT2D eigenvalue weighted by molar-refractivity contribution is -0.153. The maximum atomic E-state index is 13.3. The number of carbonyl (C=O) groups excluding carboxylic acids is 1. The Kier molecular flexibility index (Phi) is 9.21. The molecule has 0 aliphatic carbocycles. The highest BCUT2D eigenvalue weighted by Crippen LogP contribution is 2.36. The Balaban J connectivity index is 1.49. The lowest BCUT2D eigenvalue weighted by Crippen LogP contribution is -2.28. The van der Waals surface area contributed by atoms with Gasteiger partial charge in [-0.25, -0.2) is 0 Å². The molecule has 234 valence electrons. The first-order chi connectivity index (χ1) is 21.4. The Morgan fingerprint density at radius 1 is 0.867 bits per heavy atom. The standard InChI is InChI=1S/C38H38F3NO3/c1-6-35(43)37(3,4)29-12-9-11-28(21-29)32-18-15-26(20-34(32)44-5)22-42(23-30-17-19-36(45-30)38(39,40)41)24-33-25(2)14-16-27-10-7-8-13-31(27)33/h7-21H,6,22-24H2,1-5H3. The van der Waals surface area contributed by atoms with Crippen LogP contribution in [0.1, 0.15) is 61.0 Å². The Hall–Kier alpha value is -4.36. The summed E-state index contributed by atoms with van der Waals surface area (Å²) >= 11 is 0. The SMILES string of the molecule is CCC(=O)C(C)(C)c1cccc(-c2ccc(CN(Cc3ccc(C(F)(F)F)o3)Cc3c(C)ccc4ccccc34)cc2OC)c1. The molecule has 4 nitrogen and oxygen atoms in total. The molecule has 0 unspecified atom stereocenters. The fourth-order valence-corrected chi connectivity index (χ4v) is 5.89. The number of benzene rings is 4. The first kappa shape index (κ1) is 32.0. The van der Waals surface area contributed by atoms with Crippen molar-refractivity contribution in [3.05, 3.63) is 125 Å². The molecule has 45 heavy (non-hydrogen) atoms. The number of hydrogen-bond acceptors (Lipinski definition) is 4. The number of fused-ring (bicyclic) bond motifs is 1. The molecular weight excluding hydrogens is 575 g/mol. The van der Waals surface area contributed by atoms with Crippen LogP contribution in [0.15, 0.2) is 95.4 Å². The molecule has 1 aromatic heterocycles. The number of carbonyl (C=O) groups is 1. The average molecular weight is 614 g/mol. The van der Waals surface area contributed by atoms with E-state index in [2.05, 4.69) is 36.1 Å². The monoisotopic (exact) mass is 613 g/mol. The normalized spacial score (nSPS) is 12.2. The molecule has 0 aliphatic heterocycles. The number of furan rings is 1. The molecule has 5 aromatic rings. The van der Waals surface area contributed by atoms with E-state index in [0.29, 0.717) is 25.3 Å². The van der Waals surface area contributed by atoms with Crippen molar-refractivity contribution in [2.75, 3.05) is 7.11 Å². The van der Waals surface area contributed by atoms with E-state index in [-0.39, 0.29) is 18.1 Å². The number of ketones is 1. The van der Waals surface area contributed by atoms with Crippen LogP contribution in [-0.2, 0) is 36.0 Å². The molecule has 0 amide bonds. The molecule has 7 heteroatoms. The van der Waals surface area contributed by atoms with Gasteiger partial charge in [-0.1, -0.05) is 79.7 Å². The van der Waals surface area contributed by atoms with Gasteiger partial charge in [-0.2, -0.15) is 13.2 Å². The van der Waals surface area contributed by atoms with Gasteiger partial charge in [0.1, 0.15) is 17.3 Å². The number of aryl methyl sites for hydroxylation is 1. The van der Waals surface area contributed by atoms with Crippen molar-refractivity contribution in [2.45, 2.75) is 65.3 Å². The smallest absolute Gasteiger partial charge is 0.449 e. The fraction of sp³-hybridized carbons (Fsp3) is 0.289. The van der Waals surface area contributed by atoms with Crippen LogP contribution in [0.4, 0.5) is 13.2 Å². The van der Waals surface area contributed by atoms with Gasteiger partial charge in [0, 0.05) is 30.5 Å². The number of ether oxygens (including phenoxy) is 1. The van der Waals surface area contributed by atoms with E-state index in [9.17, 15) is 18.0 Å². The van der Waals surface area contributed by atoms with E-state index >= 15 is 0 Å². The van der Waals surface area contributed by atoms with E-state index in [4.69, 9.17) is 9.15 Å². The minimum atomic E-state index is -4.55. The maximum Gasteiger partial charge on any atom is 0.449 e. The van der Waals surface area contributed by atoms with Crippen molar-refractivity contribution in [1.29, 1.82) is 0 Å². The summed E-state index contributed by atoms with van der Waals surface area (Å²) in [6.45, 7) is 8.95. The van der Waals surface area contributed by atoms with Crippen molar-refractivity contribution < 1.29 is 27.1 Å². The van der Waals surface area contributed by atoms with Crippen molar-refractivity contribution in [3.63, 3.8) is 0 Å². The summed E-state index contributed by atoms with van der Waals surface area (Å²) in [6, 6.07) is 28.6. The number of Topliss-reactive ketones (excluding diaryl/α,β-unsaturated/α-hetero) is 1. The van der Waals surface area contributed by atoms with Crippen molar-refractivity contribution >= 4 is 16.6 Å². The van der Waals surface area contributed by atoms with Gasteiger partial charge in [0.05, 0.1) is 13.7 Å². The average Bonchev–Trinajstić information content (AvgIpc) is 3.51. The third kappa shape index (κ3) is 6.99. The van der Waals surface area contributed by atoms with Crippen LogP contribution < -0.4 is 4.74 Å². The van der Waals surface area contributed by atoms with Crippen molar-refractivity contribution in [3.8, 4) is 16.9 Å². The van der Waals surface area contributed by atoms with Gasteiger partial charge in [0.25, 0.3) is 0 Å². The Morgan fingerprint density at radius 2 is 1.64 bits per heavy atom. The minimum Gasteiger partial charge on any atom is -0.496 e. The molecule has 0 saturated heterocycles. The lowest BCUT2D eigenvalue weighted by atomic mass is 9.78. The van der Waals surface area contributed by atoms with Crippen LogP contribution in [0, 0.1) is 6.92 Å². The first-order valence-corrected chi connectivity index (χ1v) is 15.1. The predicted molar refractivity (Wildman–Crippen MR) is 172 cm³/mol. The number of rotatable bonds is 11. The molecule has 0 saturated carbocycles. The zero-order valence-electron chi connectivity index (χ0n) is 26.3. The van der Waals surface area contributed by atoms with E-state index < -0.39 is 17.4 Å². The predicted octanol–water partition coefficient (Wildman–Crippen LogP) is 9.89. The van der Waals surface area contributed by atoms with E-state index in [1.165, 1.54) is 6.07 Å². The third-order valence-corrected chi connectivity index (χ3v) is 8.56. The molecule has 0 atom stereocenters. The van der Waals surface area contributed by atoms with Crippen molar-refractivity contribution in [1.82, 2.24) is 4.90 Å². The maximum absolute atomic E-state index is 13.3. The summed E-state index contributed by atoms with van der Waals surface area (Å²) in [5.41, 5.74) is 5.30. The Labute approximate surface area is 262 Å². The Bertz CT molecular complexity index is 1820. The molecule has 0 bridgehead atoms. The molecule has 0 aliphatic rings. The van der Waals surface area contributed by atoms with Gasteiger partial charge < -0.3 is 9.15 Å². The van der Waals surface area contributed by atoms with Gasteiger partial charge in [-0.3, -0.25) is 9.69 Å². The van der Waals surface area contributed by atoms with Gasteiger partial charge >= 0.3 is 6.18 Å². The summed E-state index contributed by atoms with van der Waals surface area (Å²) < 4.78 is 51.1. The number of alkyl halides is 3. The molecule has 1 heterocycles. The largest absolute Gasteiger partial charge is 0.496 e. The highest BCUT2D eigenvalue weighted by molar-refractivity contribution is 5.89. The summed E-state index contributed by atoms with van der Waals surface area (Å²) in [7, 11) is 1.62. The summed E-state index contributed by atoms with van der Waals surface area (Å²) in [6.07, 6.45) is -4.09. The minimum absolute atomic E-state index is 0.169. The molecular formula is C38H38F3NO3. The van der Waals surface area contributed by atoms with E-state index in [1.807, 2.05) is 75.4 Å². The van der Waals surface area contributed by atoms with E-state index in [0.717, 1.165) is 50.2 Å². The second-order valence-corrected chi connectivity index (χ2v) is 12.0. The van der Waals surface area contributed by atoms with Gasteiger partial charge in [0.15, 0.2) is 0 Å². The van der Waals surface area contributed by atoms with Crippen LogP contribution in [-0.4, -0.2) is 17.8 Å². The zero-order valence-corrected chi connectivity index (χ0v) is 26.3. The van der Waals surface area contributed by atoms with Crippen LogP contribution in [0.25, 0.3) is 21.9 Å². The summed E-state index contributed by atoms with van der Waals surface area (Å²) in [5.74, 6) is 0.0750. The topological polar surface area (TPSA) is 42.7 Å². The van der Waals surface area contributed by atoms with Crippen LogP contribution in [0.5, 0.6) is 5.75 Å². The van der Waals surface area contributed by atoms with Crippen LogP contribution in [0.3, 0.4) is 0 Å². The van der Waals surface area contributed by atoms with E-state index in [1.54, 1.807) is 7.11 Å². The van der Waals surface area contributed by atoms with Crippen LogP contribution >= 0.6 is 0 Å². The summed E-state index contributed by atoms with van der Waals surface area (Å²) in [5, 5.41) is 2.21. The highest BCUT2D eigenvalue weighted by Gasteiger charge is 2.35. The molecule has 5 rings (SSSR count). The zero-order chi connectivity index (χ0) is 32.4. The molecule has 0 spiro atoms. The molecule has 4 aromatic carbocycles. The van der Waals surface area contributed by atoms with Gasteiger partial charge in [-0.15, -0.1) is 0 Å². The molecule has 0 radical (unpaired) electrons. The quantitative estimate of drug-likeness (QED) is 0.149. The number of methoxy groups -OCH3 is 1. The van der Waals surface area contributed by atoms with Gasteiger partial charge in [-0.05, 0) is 77.6 Å². The van der Waals surface area contributed by atoms with Gasteiger partial charge in [0.2, 0.25) is 5.76 Å². The second-order valence-electron chi connectivity index (χ2n) is 12.0. The lowest BCUT2D eigenvalue weighted by Gasteiger charge is -2.25. The number of nitrogens with zero attached hydrogens (tertiary/aromatic N) is 1. The number of hydrogen-bond donors (Lipinski definition) is 0. The van der Waals surface area contributed by atoms with Crippen LogP contribution in [0.2, 0.25) is 0 Å². The number of halogens is 3. The fourth-order valence-electron chi connectivity index (χ4n) is 5.89. The summed E-state index contributed by atoms with van der Waals surface area (Å²) in [4.78, 5) is 14.8. The molecule has 0 N–H and O–H groups in total. The Morgan fingerprint density at radius 3 is 2.36 bits per heavy atom. The molecule has 0 fully saturated rings. The second kappa shape index (κ2) is 12.9. The highest BCUT2D eigenvalue weighted by atomic mass is 19.4. The van der Waals surface area contributed by atoms with Crippen molar-refractivity contribution in [2.24, 2.45) is 0 Å². The first-order valence-electron chi connectivity index (χ1n) is 15.1. The third-order valence-electron chi connectivity index (χ3n) is 8.56.